The van der Waals surface area contributed by atoms with Crippen molar-refractivity contribution in [1.82, 2.24) is 15.2 Å². The summed E-state index contributed by atoms with van der Waals surface area (Å²) < 4.78 is 0. The molecule has 1 saturated heterocycles. The standard InChI is InChI=1S/C20H25N3O2/c1-3-19(24)23-10-7-15(8-11-23)20(25)21-9-6-16-13-22-18-5-4-14(2)12-17(16)18/h3-5,12-13,15,22H,1,6-11H2,2H3,(H,21,25). The van der Waals surface area contributed by atoms with Crippen LogP contribution >= 0.6 is 0 Å². The van der Waals surface area contributed by atoms with Gasteiger partial charge in [-0.15, -0.1) is 0 Å². The van der Waals surface area contributed by atoms with E-state index >= 15 is 0 Å². The van der Waals surface area contributed by atoms with Gasteiger partial charge in [-0.05, 0) is 50.0 Å². The van der Waals surface area contributed by atoms with E-state index in [-0.39, 0.29) is 17.7 Å². The quantitative estimate of drug-likeness (QED) is 0.822. The third kappa shape index (κ3) is 3.92. The fourth-order valence-corrected chi connectivity index (χ4v) is 3.45. The molecule has 2 N–H and O–H groups in total. The van der Waals surface area contributed by atoms with Crippen LogP contribution < -0.4 is 5.32 Å². The molecule has 3 rings (SSSR count). The molecule has 25 heavy (non-hydrogen) atoms. The van der Waals surface area contributed by atoms with Gasteiger partial charge in [0.05, 0.1) is 0 Å². The first kappa shape index (κ1) is 17.3. The number of carbonyl (C=O) groups is 2. The lowest BCUT2D eigenvalue weighted by Crippen LogP contribution is -2.42. The van der Waals surface area contributed by atoms with Crippen LogP contribution in [0.25, 0.3) is 10.9 Å². The average molecular weight is 339 g/mol. The van der Waals surface area contributed by atoms with E-state index in [0.717, 1.165) is 24.8 Å². The molecular weight excluding hydrogens is 314 g/mol. The average Bonchev–Trinajstić information content (AvgIpc) is 3.03. The topological polar surface area (TPSA) is 65.2 Å². The molecule has 5 nitrogen and oxygen atoms in total. The number of carbonyl (C=O) groups excluding carboxylic acids is 2. The number of likely N-dealkylation sites (tertiary alicyclic amines) is 1. The fourth-order valence-electron chi connectivity index (χ4n) is 3.45. The van der Waals surface area contributed by atoms with Crippen LogP contribution in [0.1, 0.15) is 24.0 Å². The smallest absolute Gasteiger partial charge is 0.245 e. The van der Waals surface area contributed by atoms with Gasteiger partial charge in [0.25, 0.3) is 0 Å². The number of aromatic nitrogens is 1. The van der Waals surface area contributed by atoms with Crippen LogP contribution in [0.15, 0.2) is 37.1 Å². The van der Waals surface area contributed by atoms with Crippen LogP contribution in [0.2, 0.25) is 0 Å². The SMILES string of the molecule is C=CC(=O)N1CCC(C(=O)NCCc2c[nH]c3ccc(C)cc23)CC1. The van der Waals surface area contributed by atoms with Gasteiger partial charge in [-0.3, -0.25) is 9.59 Å². The van der Waals surface area contributed by atoms with Crippen molar-refractivity contribution >= 4 is 22.7 Å². The van der Waals surface area contributed by atoms with Crippen molar-refractivity contribution in [2.45, 2.75) is 26.2 Å². The summed E-state index contributed by atoms with van der Waals surface area (Å²) in [5.41, 5.74) is 3.59. The summed E-state index contributed by atoms with van der Waals surface area (Å²) in [6.07, 6.45) is 5.61. The minimum atomic E-state index is -0.0477. The molecule has 1 aromatic carbocycles. The molecule has 2 aromatic rings. The van der Waals surface area contributed by atoms with Crippen molar-refractivity contribution in [3.05, 3.63) is 48.2 Å². The van der Waals surface area contributed by atoms with Crippen molar-refractivity contribution in [1.29, 1.82) is 0 Å². The van der Waals surface area contributed by atoms with Gasteiger partial charge in [-0.2, -0.15) is 0 Å². The van der Waals surface area contributed by atoms with E-state index in [9.17, 15) is 9.59 Å². The molecule has 2 amide bonds. The Balaban J connectivity index is 1.49. The predicted molar refractivity (Wildman–Crippen MR) is 99.3 cm³/mol. The lowest BCUT2D eigenvalue weighted by molar-refractivity contribution is -0.132. The van der Waals surface area contributed by atoms with Crippen molar-refractivity contribution < 1.29 is 9.59 Å². The van der Waals surface area contributed by atoms with Crippen LogP contribution in [0.3, 0.4) is 0 Å². The third-order valence-electron chi connectivity index (χ3n) is 4.97. The second-order valence-electron chi connectivity index (χ2n) is 6.71. The summed E-state index contributed by atoms with van der Waals surface area (Å²) in [7, 11) is 0. The van der Waals surface area contributed by atoms with Crippen LogP contribution in [0.4, 0.5) is 0 Å². The second kappa shape index (κ2) is 7.55. The van der Waals surface area contributed by atoms with E-state index in [2.05, 4.69) is 42.0 Å². The summed E-state index contributed by atoms with van der Waals surface area (Å²) >= 11 is 0. The molecule has 0 spiro atoms. The van der Waals surface area contributed by atoms with Gasteiger partial charge >= 0.3 is 0 Å². The Kier molecular flexibility index (Phi) is 5.22. The lowest BCUT2D eigenvalue weighted by Gasteiger charge is -2.30. The zero-order valence-electron chi connectivity index (χ0n) is 14.7. The Hall–Kier alpha value is -2.56. The van der Waals surface area contributed by atoms with Gasteiger partial charge in [-0.1, -0.05) is 18.2 Å². The molecule has 132 valence electrons. The number of hydrogen-bond donors (Lipinski definition) is 2. The Morgan fingerprint density at radius 2 is 2.12 bits per heavy atom. The van der Waals surface area contributed by atoms with Gasteiger partial charge in [-0.25, -0.2) is 0 Å². The summed E-state index contributed by atoms with van der Waals surface area (Å²) in [6.45, 7) is 7.48. The number of rotatable bonds is 5. The van der Waals surface area contributed by atoms with E-state index in [0.29, 0.717) is 19.6 Å². The molecule has 0 saturated carbocycles. The molecule has 0 atom stereocenters. The van der Waals surface area contributed by atoms with Gasteiger partial charge in [0, 0.05) is 42.7 Å². The first-order valence-corrected chi connectivity index (χ1v) is 8.84. The number of piperidine rings is 1. The maximum absolute atomic E-state index is 12.3. The molecule has 5 heteroatoms. The van der Waals surface area contributed by atoms with Gasteiger partial charge in [0.1, 0.15) is 0 Å². The number of benzene rings is 1. The number of fused-ring (bicyclic) bond motifs is 1. The minimum Gasteiger partial charge on any atom is -0.361 e. The first-order valence-electron chi connectivity index (χ1n) is 8.84. The number of aryl methyl sites for hydroxylation is 1. The zero-order chi connectivity index (χ0) is 17.8. The highest BCUT2D eigenvalue weighted by atomic mass is 16.2. The monoisotopic (exact) mass is 339 g/mol. The van der Waals surface area contributed by atoms with Crippen molar-refractivity contribution in [3.8, 4) is 0 Å². The maximum atomic E-state index is 12.3. The Morgan fingerprint density at radius 1 is 1.36 bits per heavy atom. The van der Waals surface area contributed by atoms with E-state index in [1.165, 1.54) is 22.6 Å². The largest absolute Gasteiger partial charge is 0.361 e. The molecule has 2 heterocycles. The predicted octanol–water partition coefficient (Wildman–Crippen LogP) is 2.56. The summed E-state index contributed by atoms with van der Waals surface area (Å²) in [5.74, 6) is 0.0503. The van der Waals surface area contributed by atoms with E-state index in [4.69, 9.17) is 0 Å². The Bertz CT molecular complexity index is 785. The van der Waals surface area contributed by atoms with E-state index in [1.807, 2.05) is 6.20 Å². The summed E-state index contributed by atoms with van der Waals surface area (Å²) in [4.78, 5) is 29.0. The molecule has 0 radical (unpaired) electrons. The van der Waals surface area contributed by atoms with Crippen molar-refractivity contribution in [2.24, 2.45) is 5.92 Å². The highest BCUT2D eigenvalue weighted by Gasteiger charge is 2.26. The summed E-state index contributed by atoms with van der Waals surface area (Å²) in [6, 6.07) is 6.36. The molecule has 0 unspecified atom stereocenters. The number of nitrogens with zero attached hydrogens (tertiary/aromatic N) is 1. The zero-order valence-corrected chi connectivity index (χ0v) is 14.7. The Labute approximate surface area is 148 Å². The van der Waals surface area contributed by atoms with Gasteiger partial charge in [0.2, 0.25) is 11.8 Å². The number of amides is 2. The number of nitrogens with one attached hydrogen (secondary N) is 2. The normalized spacial score (nSPS) is 15.3. The summed E-state index contributed by atoms with van der Waals surface area (Å²) in [5, 5.41) is 4.28. The first-order chi connectivity index (χ1) is 12.1. The second-order valence-corrected chi connectivity index (χ2v) is 6.71. The molecule has 1 aromatic heterocycles. The number of H-pyrrole nitrogens is 1. The maximum Gasteiger partial charge on any atom is 0.245 e. The van der Waals surface area contributed by atoms with Gasteiger partial charge < -0.3 is 15.2 Å². The minimum absolute atomic E-state index is 0.000853. The highest BCUT2D eigenvalue weighted by molar-refractivity contribution is 5.87. The fraction of sp³-hybridized carbons (Fsp3) is 0.400. The molecule has 0 aliphatic carbocycles. The van der Waals surface area contributed by atoms with E-state index < -0.39 is 0 Å². The number of hydrogen-bond acceptors (Lipinski definition) is 2. The molecule has 1 fully saturated rings. The third-order valence-corrected chi connectivity index (χ3v) is 4.97. The van der Waals surface area contributed by atoms with Crippen LogP contribution in [0.5, 0.6) is 0 Å². The lowest BCUT2D eigenvalue weighted by atomic mass is 9.95. The van der Waals surface area contributed by atoms with Crippen molar-refractivity contribution in [2.75, 3.05) is 19.6 Å². The molecule has 0 bridgehead atoms. The van der Waals surface area contributed by atoms with Crippen molar-refractivity contribution in [3.63, 3.8) is 0 Å². The van der Waals surface area contributed by atoms with Crippen LogP contribution in [-0.2, 0) is 16.0 Å². The van der Waals surface area contributed by atoms with Gasteiger partial charge in [0.15, 0.2) is 0 Å². The Morgan fingerprint density at radius 3 is 2.84 bits per heavy atom. The number of aromatic amines is 1. The molecule has 1 aliphatic heterocycles. The van der Waals surface area contributed by atoms with Crippen LogP contribution in [-0.4, -0.2) is 41.3 Å². The van der Waals surface area contributed by atoms with Crippen LogP contribution in [0, 0.1) is 12.8 Å². The van der Waals surface area contributed by atoms with E-state index in [1.54, 1.807) is 4.90 Å². The highest BCUT2D eigenvalue weighted by Crippen LogP contribution is 2.20. The molecular formula is C20H25N3O2. The molecule has 1 aliphatic rings.